The van der Waals surface area contributed by atoms with Crippen LogP contribution in [0.1, 0.15) is 13.3 Å². The molecular weight excluding hydrogens is 233 g/mol. The molecule has 1 aliphatic rings. The van der Waals surface area contributed by atoms with Crippen molar-refractivity contribution in [1.82, 2.24) is 10.2 Å². The fraction of sp³-hybridized carbons (Fsp3) is 0.727. The number of carbonyl (C=O) groups excluding carboxylic acids is 1. The lowest BCUT2D eigenvalue weighted by Crippen LogP contribution is -2.53. The zero-order valence-electron chi connectivity index (χ0n) is 9.60. The fourth-order valence-corrected chi connectivity index (χ4v) is 1.98. The van der Waals surface area contributed by atoms with Crippen molar-refractivity contribution in [1.29, 1.82) is 0 Å². The van der Waals surface area contributed by atoms with Crippen molar-refractivity contribution in [2.24, 2.45) is 5.41 Å². The molecule has 1 unspecified atom stereocenters. The largest absolute Gasteiger partial charge is 0.404 e. The highest BCUT2D eigenvalue weighted by molar-refractivity contribution is 5.84. The number of carbonyl (C=O) groups is 1. The maximum atomic E-state index is 13.1. The van der Waals surface area contributed by atoms with E-state index in [9.17, 15) is 18.0 Å². The molecule has 1 amide bonds. The van der Waals surface area contributed by atoms with E-state index >= 15 is 0 Å². The zero-order valence-corrected chi connectivity index (χ0v) is 9.60. The number of hydrogen-bond acceptors (Lipinski definition) is 2. The second-order valence-electron chi connectivity index (χ2n) is 4.03. The SMILES string of the molecule is C#CCN(CC)C(=O)C1(C(F)(F)F)CCNC1. The molecule has 1 rings (SSSR count). The van der Waals surface area contributed by atoms with Crippen molar-refractivity contribution >= 4 is 5.91 Å². The summed E-state index contributed by atoms with van der Waals surface area (Å²) in [5.74, 6) is 1.29. The zero-order chi connectivity index (χ0) is 13.1. The van der Waals surface area contributed by atoms with Gasteiger partial charge in [-0.05, 0) is 19.9 Å². The summed E-state index contributed by atoms with van der Waals surface area (Å²) >= 11 is 0. The highest BCUT2D eigenvalue weighted by Gasteiger charge is 2.62. The van der Waals surface area contributed by atoms with E-state index in [-0.39, 0.29) is 32.6 Å². The molecule has 0 aliphatic carbocycles. The van der Waals surface area contributed by atoms with Gasteiger partial charge >= 0.3 is 6.18 Å². The Bertz CT molecular complexity index is 327. The van der Waals surface area contributed by atoms with Crippen LogP contribution in [0.25, 0.3) is 0 Å². The van der Waals surface area contributed by atoms with Crippen LogP contribution in [0.15, 0.2) is 0 Å². The Kier molecular flexibility index (Phi) is 4.04. The Morgan fingerprint density at radius 1 is 1.59 bits per heavy atom. The third kappa shape index (κ3) is 2.39. The number of amides is 1. The Morgan fingerprint density at radius 3 is 2.59 bits per heavy atom. The van der Waals surface area contributed by atoms with Crippen LogP contribution in [-0.2, 0) is 4.79 Å². The number of alkyl halides is 3. The Labute approximate surface area is 98.3 Å². The van der Waals surface area contributed by atoms with Crippen LogP contribution in [0.4, 0.5) is 13.2 Å². The Hall–Kier alpha value is -1.22. The quantitative estimate of drug-likeness (QED) is 0.756. The summed E-state index contributed by atoms with van der Waals surface area (Å²) in [6.07, 6.45) is 0.281. The van der Waals surface area contributed by atoms with E-state index in [1.807, 2.05) is 0 Å². The summed E-state index contributed by atoms with van der Waals surface area (Å²) in [5, 5.41) is 2.60. The van der Waals surface area contributed by atoms with Gasteiger partial charge in [0.25, 0.3) is 0 Å². The molecule has 1 saturated heterocycles. The topological polar surface area (TPSA) is 32.3 Å². The molecule has 17 heavy (non-hydrogen) atoms. The Morgan fingerprint density at radius 2 is 2.24 bits per heavy atom. The van der Waals surface area contributed by atoms with E-state index in [0.29, 0.717) is 0 Å². The molecule has 0 aromatic rings. The molecule has 3 nitrogen and oxygen atoms in total. The monoisotopic (exact) mass is 248 g/mol. The minimum Gasteiger partial charge on any atom is -0.331 e. The van der Waals surface area contributed by atoms with E-state index in [0.717, 1.165) is 4.90 Å². The smallest absolute Gasteiger partial charge is 0.331 e. The number of nitrogens with zero attached hydrogens (tertiary/aromatic N) is 1. The minimum absolute atomic E-state index is 0.0901. The highest BCUT2D eigenvalue weighted by Crippen LogP contribution is 2.44. The van der Waals surface area contributed by atoms with Gasteiger partial charge in [-0.2, -0.15) is 13.2 Å². The molecule has 0 bridgehead atoms. The van der Waals surface area contributed by atoms with Crippen LogP contribution in [0.5, 0.6) is 0 Å². The van der Waals surface area contributed by atoms with Crippen molar-refractivity contribution < 1.29 is 18.0 Å². The van der Waals surface area contributed by atoms with Gasteiger partial charge in [-0.15, -0.1) is 6.42 Å². The molecule has 96 valence electrons. The molecule has 0 radical (unpaired) electrons. The summed E-state index contributed by atoms with van der Waals surface area (Å²) in [4.78, 5) is 13.1. The van der Waals surface area contributed by atoms with Crippen LogP contribution in [0, 0.1) is 17.8 Å². The first-order valence-electron chi connectivity index (χ1n) is 5.39. The van der Waals surface area contributed by atoms with Crippen molar-refractivity contribution in [3.05, 3.63) is 0 Å². The van der Waals surface area contributed by atoms with Gasteiger partial charge in [-0.3, -0.25) is 4.79 Å². The van der Waals surface area contributed by atoms with Gasteiger partial charge in [0.2, 0.25) is 5.91 Å². The normalized spacial score (nSPS) is 24.4. The van der Waals surface area contributed by atoms with Gasteiger partial charge in [0.05, 0.1) is 6.54 Å². The van der Waals surface area contributed by atoms with E-state index in [1.54, 1.807) is 6.92 Å². The number of hydrogen-bond donors (Lipinski definition) is 1. The predicted molar refractivity (Wildman–Crippen MR) is 57.1 cm³/mol. The van der Waals surface area contributed by atoms with Crippen molar-refractivity contribution in [2.75, 3.05) is 26.2 Å². The first-order valence-corrected chi connectivity index (χ1v) is 5.39. The number of rotatable bonds is 3. The number of halogens is 3. The fourth-order valence-electron chi connectivity index (χ4n) is 1.98. The lowest BCUT2D eigenvalue weighted by molar-refractivity contribution is -0.221. The van der Waals surface area contributed by atoms with Crippen LogP contribution in [0.2, 0.25) is 0 Å². The third-order valence-corrected chi connectivity index (χ3v) is 3.06. The standard InChI is InChI=1S/C11H15F3N2O/c1-3-7-16(4-2)9(17)10(11(12,13)14)5-6-15-8-10/h1,15H,4-8H2,2H3. The second kappa shape index (κ2) is 4.96. The maximum Gasteiger partial charge on any atom is 0.404 e. The third-order valence-electron chi connectivity index (χ3n) is 3.06. The van der Waals surface area contributed by atoms with Gasteiger partial charge in [0.15, 0.2) is 5.41 Å². The van der Waals surface area contributed by atoms with Gasteiger partial charge in [0.1, 0.15) is 0 Å². The molecule has 6 heteroatoms. The molecule has 1 N–H and O–H groups in total. The van der Waals surface area contributed by atoms with Gasteiger partial charge in [-0.1, -0.05) is 5.92 Å². The van der Waals surface area contributed by atoms with E-state index in [4.69, 9.17) is 6.42 Å². The van der Waals surface area contributed by atoms with E-state index in [1.165, 1.54) is 0 Å². The Balaban J connectivity index is 3.00. The molecule has 1 heterocycles. The van der Waals surface area contributed by atoms with Crippen LogP contribution >= 0.6 is 0 Å². The van der Waals surface area contributed by atoms with Crippen molar-refractivity contribution in [3.63, 3.8) is 0 Å². The molecule has 0 aromatic heterocycles. The summed E-state index contributed by atoms with van der Waals surface area (Å²) in [6, 6.07) is 0. The molecule has 0 saturated carbocycles. The molecule has 0 spiro atoms. The van der Waals surface area contributed by atoms with Gasteiger partial charge in [-0.25, -0.2) is 0 Å². The summed E-state index contributed by atoms with van der Waals surface area (Å²) in [5.41, 5.74) is -2.31. The van der Waals surface area contributed by atoms with Crippen LogP contribution < -0.4 is 5.32 Å². The number of terminal acetylenes is 1. The minimum atomic E-state index is -4.55. The molecule has 0 aromatic carbocycles. The van der Waals surface area contributed by atoms with E-state index < -0.39 is 17.5 Å². The first-order chi connectivity index (χ1) is 7.89. The van der Waals surface area contributed by atoms with Gasteiger partial charge < -0.3 is 10.2 Å². The van der Waals surface area contributed by atoms with Gasteiger partial charge in [0, 0.05) is 13.1 Å². The molecule has 1 atom stereocenters. The van der Waals surface area contributed by atoms with Crippen molar-refractivity contribution in [2.45, 2.75) is 19.5 Å². The summed E-state index contributed by atoms with van der Waals surface area (Å²) < 4.78 is 39.2. The molecule has 1 aliphatic heterocycles. The summed E-state index contributed by atoms with van der Waals surface area (Å²) in [6.45, 7) is 1.53. The maximum absolute atomic E-state index is 13.1. The summed E-state index contributed by atoms with van der Waals surface area (Å²) in [7, 11) is 0. The highest BCUT2D eigenvalue weighted by atomic mass is 19.4. The van der Waals surface area contributed by atoms with Crippen LogP contribution in [-0.4, -0.2) is 43.2 Å². The molecular formula is C11H15F3N2O. The average molecular weight is 248 g/mol. The second-order valence-corrected chi connectivity index (χ2v) is 4.03. The lowest BCUT2D eigenvalue weighted by atomic mass is 9.84. The average Bonchev–Trinajstić information content (AvgIpc) is 2.74. The first kappa shape index (κ1) is 13.8. The number of nitrogens with one attached hydrogen (secondary N) is 1. The molecule has 1 fully saturated rings. The van der Waals surface area contributed by atoms with Crippen molar-refractivity contribution in [3.8, 4) is 12.3 Å². The predicted octanol–water partition coefficient (Wildman–Crippen LogP) is 1.01. The van der Waals surface area contributed by atoms with E-state index in [2.05, 4.69) is 11.2 Å². The lowest BCUT2D eigenvalue weighted by Gasteiger charge is -2.34. The van der Waals surface area contributed by atoms with Crippen LogP contribution in [0.3, 0.4) is 0 Å².